The van der Waals surface area contributed by atoms with Crippen LogP contribution in [-0.2, 0) is 11.3 Å². The minimum Gasteiger partial charge on any atom is -0.395 e. The van der Waals surface area contributed by atoms with Crippen LogP contribution in [0, 0.1) is 5.92 Å². The van der Waals surface area contributed by atoms with E-state index in [4.69, 9.17) is 5.11 Å². The van der Waals surface area contributed by atoms with E-state index in [2.05, 4.69) is 27.6 Å². The number of amides is 1. The predicted octanol–water partition coefficient (Wildman–Crippen LogP) is 0.101. The zero-order valence-corrected chi connectivity index (χ0v) is 11.7. The van der Waals surface area contributed by atoms with Crippen LogP contribution >= 0.6 is 12.6 Å². The van der Waals surface area contributed by atoms with Gasteiger partial charge in [-0.25, -0.2) is 15.0 Å². The molecule has 2 aromatic heterocycles. The molecule has 1 aliphatic rings. The average molecular weight is 293 g/mol. The van der Waals surface area contributed by atoms with Crippen molar-refractivity contribution in [2.45, 2.75) is 13.0 Å². The third kappa shape index (κ3) is 2.14. The molecule has 8 heteroatoms. The second-order valence-electron chi connectivity index (χ2n) is 4.79. The third-order valence-electron chi connectivity index (χ3n) is 3.44. The number of aliphatic hydroxyl groups is 1. The zero-order valence-electron chi connectivity index (χ0n) is 10.8. The van der Waals surface area contributed by atoms with E-state index in [1.54, 1.807) is 15.8 Å². The molecule has 0 spiro atoms. The first kappa shape index (κ1) is 13.3. The first-order chi connectivity index (χ1) is 9.74. The number of rotatable bonds is 4. The fraction of sp³-hybridized carbons (Fsp3) is 0.500. The smallest absolute Gasteiger partial charge is 0.228 e. The maximum absolute atomic E-state index is 12.1. The summed E-state index contributed by atoms with van der Waals surface area (Å²) in [7, 11) is 0. The fourth-order valence-electron chi connectivity index (χ4n) is 2.45. The molecule has 3 rings (SSSR count). The van der Waals surface area contributed by atoms with Crippen LogP contribution in [0.5, 0.6) is 0 Å². The predicted molar refractivity (Wildman–Crippen MR) is 76.7 cm³/mol. The molecule has 1 atom stereocenters. The summed E-state index contributed by atoms with van der Waals surface area (Å²) < 4.78 is 1.75. The van der Waals surface area contributed by atoms with E-state index in [0.717, 1.165) is 0 Å². The minimum absolute atomic E-state index is 0.00910. The highest BCUT2D eigenvalue weighted by Gasteiger charge is 2.32. The lowest BCUT2D eigenvalue weighted by atomic mass is 10.1. The molecule has 1 unspecified atom stereocenters. The van der Waals surface area contributed by atoms with Crippen LogP contribution in [0.15, 0.2) is 12.7 Å². The van der Waals surface area contributed by atoms with Gasteiger partial charge in [0.2, 0.25) is 5.91 Å². The van der Waals surface area contributed by atoms with Crippen LogP contribution in [0.1, 0.15) is 6.42 Å². The van der Waals surface area contributed by atoms with Crippen molar-refractivity contribution < 1.29 is 9.90 Å². The Kier molecular flexibility index (Phi) is 3.58. The Hall–Kier alpha value is -1.67. The van der Waals surface area contributed by atoms with Crippen molar-refractivity contribution in [1.29, 1.82) is 0 Å². The summed E-state index contributed by atoms with van der Waals surface area (Å²) in [5.41, 5.74) is 1.22. The molecule has 1 fully saturated rings. The molecule has 2 aromatic rings. The molecule has 106 valence electrons. The number of anilines is 1. The number of carbonyl (C=O) groups excluding carboxylic acids is 1. The van der Waals surface area contributed by atoms with Gasteiger partial charge >= 0.3 is 0 Å². The van der Waals surface area contributed by atoms with E-state index in [-0.39, 0.29) is 18.4 Å². The van der Waals surface area contributed by atoms with E-state index in [1.165, 1.54) is 6.33 Å². The van der Waals surface area contributed by atoms with Crippen LogP contribution in [0.3, 0.4) is 0 Å². The van der Waals surface area contributed by atoms with Gasteiger partial charge in [0.1, 0.15) is 6.33 Å². The highest BCUT2D eigenvalue weighted by Crippen LogP contribution is 2.28. The van der Waals surface area contributed by atoms with E-state index in [1.807, 2.05) is 0 Å². The summed E-state index contributed by atoms with van der Waals surface area (Å²) in [5, 5.41) is 9.02. The Morgan fingerprint density at radius 2 is 2.25 bits per heavy atom. The van der Waals surface area contributed by atoms with Gasteiger partial charge in [0.15, 0.2) is 17.0 Å². The SMILES string of the molecule is O=C1CC(CS)CN1c1ncnc2c1ncn2CCO. The Labute approximate surface area is 121 Å². The maximum Gasteiger partial charge on any atom is 0.228 e. The molecule has 20 heavy (non-hydrogen) atoms. The Bertz CT molecular complexity index is 644. The largest absolute Gasteiger partial charge is 0.395 e. The number of fused-ring (bicyclic) bond motifs is 1. The molecule has 0 bridgehead atoms. The van der Waals surface area contributed by atoms with E-state index in [0.29, 0.717) is 42.2 Å². The lowest BCUT2D eigenvalue weighted by Gasteiger charge is -2.15. The van der Waals surface area contributed by atoms with Crippen molar-refractivity contribution in [3.8, 4) is 0 Å². The number of hydrogen-bond donors (Lipinski definition) is 2. The monoisotopic (exact) mass is 293 g/mol. The maximum atomic E-state index is 12.1. The first-order valence-corrected chi connectivity index (χ1v) is 7.05. The molecule has 0 aromatic carbocycles. The summed E-state index contributed by atoms with van der Waals surface area (Å²) in [6, 6.07) is 0. The Balaban J connectivity index is 2.02. The van der Waals surface area contributed by atoms with Gasteiger partial charge in [-0.05, 0) is 11.7 Å². The van der Waals surface area contributed by atoms with Crippen LogP contribution in [0.2, 0.25) is 0 Å². The van der Waals surface area contributed by atoms with Gasteiger partial charge in [0.25, 0.3) is 0 Å². The van der Waals surface area contributed by atoms with Crippen molar-refractivity contribution in [3.05, 3.63) is 12.7 Å². The molecule has 0 radical (unpaired) electrons. The van der Waals surface area contributed by atoms with Gasteiger partial charge in [0.05, 0.1) is 12.9 Å². The van der Waals surface area contributed by atoms with Crippen molar-refractivity contribution in [3.63, 3.8) is 0 Å². The molecule has 7 nitrogen and oxygen atoms in total. The number of imidazole rings is 1. The van der Waals surface area contributed by atoms with E-state index in [9.17, 15) is 4.79 Å². The summed E-state index contributed by atoms with van der Waals surface area (Å²) in [4.78, 5) is 26.4. The third-order valence-corrected chi connectivity index (χ3v) is 3.96. The molecule has 1 amide bonds. The van der Waals surface area contributed by atoms with Crippen LogP contribution in [-0.4, -0.2) is 49.4 Å². The second kappa shape index (κ2) is 5.37. The van der Waals surface area contributed by atoms with Crippen molar-refractivity contribution >= 4 is 35.5 Å². The molecular formula is C12H15N5O2S. The van der Waals surface area contributed by atoms with E-state index < -0.39 is 0 Å². The van der Waals surface area contributed by atoms with Gasteiger partial charge in [-0.3, -0.25) is 9.69 Å². The highest BCUT2D eigenvalue weighted by molar-refractivity contribution is 7.80. The van der Waals surface area contributed by atoms with E-state index >= 15 is 0 Å². The molecule has 1 aliphatic heterocycles. The fourth-order valence-corrected chi connectivity index (χ4v) is 2.69. The van der Waals surface area contributed by atoms with Crippen molar-refractivity contribution in [1.82, 2.24) is 19.5 Å². The average Bonchev–Trinajstić information content (AvgIpc) is 3.03. The summed E-state index contributed by atoms with van der Waals surface area (Å²) in [5.74, 6) is 1.51. The number of thiol groups is 1. The van der Waals surface area contributed by atoms with Gasteiger partial charge < -0.3 is 9.67 Å². The number of aromatic nitrogens is 4. The molecule has 1 saturated heterocycles. The quantitative estimate of drug-likeness (QED) is 0.781. The lowest BCUT2D eigenvalue weighted by Crippen LogP contribution is -2.26. The van der Waals surface area contributed by atoms with Gasteiger partial charge in [-0.1, -0.05) is 0 Å². The molecule has 3 heterocycles. The molecule has 0 aliphatic carbocycles. The number of nitrogens with zero attached hydrogens (tertiary/aromatic N) is 5. The molecular weight excluding hydrogens is 278 g/mol. The summed E-state index contributed by atoms with van der Waals surface area (Å²) in [6.45, 7) is 1.04. The lowest BCUT2D eigenvalue weighted by molar-refractivity contribution is -0.117. The normalized spacial score (nSPS) is 19.2. The standard InChI is InChI=1S/C12H15N5O2S/c18-2-1-16-7-15-10-11(16)13-6-14-12(10)17-4-8(5-20)3-9(17)19/h6-8,18,20H,1-5H2. The number of carbonyl (C=O) groups is 1. The van der Waals surface area contributed by atoms with Crippen molar-refractivity contribution in [2.75, 3.05) is 23.8 Å². The van der Waals surface area contributed by atoms with Crippen LogP contribution < -0.4 is 4.90 Å². The number of aliphatic hydroxyl groups excluding tert-OH is 1. The second-order valence-corrected chi connectivity index (χ2v) is 5.15. The minimum atomic E-state index is 0.00910. The number of hydrogen-bond acceptors (Lipinski definition) is 6. The van der Waals surface area contributed by atoms with Crippen molar-refractivity contribution in [2.24, 2.45) is 5.92 Å². The highest BCUT2D eigenvalue weighted by atomic mass is 32.1. The van der Waals surface area contributed by atoms with Gasteiger partial charge in [0, 0.05) is 19.5 Å². The topological polar surface area (TPSA) is 84.1 Å². The summed E-state index contributed by atoms with van der Waals surface area (Å²) >= 11 is 4.26. The van der Waals surface area contributed by atoms with Crippen LogP contribution in [0.4, 0.5) is 5.82 Å². The molecule has 0 saturated carbocycles. The van der Waals surface area contributed by atoms with Gasteiger partial charge in [-0.15, -0.1) is 0 Å². The first-order valence-electron chi connectivity index (χ1n) is 6.42. The Morgan fingerprint density at radius 3 is 2.95 bits per heavy atom. The van der Waals surface area contributed by atoms with Crippen LogP contribution in [0.25, 0.3) is 11.2 Å². The zero-order chi connectivity index (χ0) is 14.1. The summed E-state index contributed by atoms with van der Waals surface area (Å²) in [6.07, 6.45) is 3.52. The van der Waals surface area contributed by atoms with Gasteiger partial charge in [-0.2, -0.15) is 12.6 Å². The Morgan fingerprint density at radius 1 is 1.40 bits per heavy atom. The molecule has 1 N–H and O–H groups in total.